The molecular formula is C21H22BrNO2S. The number of hydrogen-bond acceptors (Lipinski definition) is 2. The molecular weight excluding hydrogens is 410 g/mol. The van der Waals surface area contributed by atoms with E-state index in [1.165, 1.54) is 4.31 Å². The van der Waals surface area contributed by atoms with Gasteiger partial charge in [-0.3, -0.25) is 4.31 Å². The van der Waals surface area contributed by atoms with E-state index in [1.807, 2.05) is 75.4 Å². The van der Waals surface area contributed by atoms with Gasteiger partial charge >= 0.3 is 0 Å². The number of fused-ring (bicyclic) bond motifs is 1. The Hall–Kier alpha value is -1.85. The summed E-state index contributed by atoms with van der Waals surface area (Å²) in [5, 5.41) is 1.69. The van der Waals surface area contributed by atoms with E-state index in [0.29, 0.717) is 17.1 Å². The van der Waals surface area contributed by atoms with Crippen LogP contribution >= 0.6 is 15.9 Å². The van der Waals surface area contributed by atoms with Crippen molar-refractivity contribution in [3.8, 4) is 0 Å². The predicted octanol–water partition coefficient (Wildman–Crippen LogP) is 5.76. The molecule has 0 unspecified atom stereocenters. The third-order valence-corrected chi connectivity index (χ3v) is 6.54. The molecule has 0 heterocycles. The van der Waals surface area contributed by atoms with E-state index >= 15 is 0 Å². The van der Waals surface area contributed by atoms with Crippen LogP contribution in [0.25, 0.3) is 10.8 Å². The van der Waals surface area contributed by atoms with Crippen LogP contribution in [0.2, 0.25) is 0 Å². The lowest BCUT2D eigenvalue weighted by atomic mass is 10.1. The van der Waals surface area contributed by atoms with Gasteiger partial charge in [0.1, 0.15) is 0 Å². The van der Waals surface area contributed by atoms with Crippen molar-refractivity contribution in [2.45, 2.75) is 25.7 Å². The summed E-state index contributed by atoms with van der Waals surface area (Å²) in [6, 6.07) is 18.8. The second kappa shape index (κ2) is 7.41. The highest BCUT2D eigenvalue weighted by Gasteiger charge is 2.27. The van der Waals surface area contributed by atoms with Crippen molar-refractivity contribution in [3.63, 3.8) is 0 Å². The van der Waals surface area contributed by atoms with Crippen LogP contribution in [0.3, 0.4) is 0 Å². The minimum absolute atomic E-state index is 0.199. The first-order valence-corrected chi connectivity index (χ1v) is 10.8. The van der Waals surface area contributed by atoms with Crippen molar-refractivity contribution in [2.24, 2.45) is 5.92 Å². The van der Waals surface area contributed by atoms with Crippen LogP contribution in [0, 0.1) is 12.8 Å². The zero-order chi connectivity index (χ0) is 18.9. The summed E-state index contributed by atoms with van der Waals surface area (Å²) in [5.74, 6) is 0.199. The zero-order valence-corrected chi connectivity index (χ0v) is 17.5. The minimum atomic E-state index is -3.69. The molecule has 3 aromatic carbocycles. The Labute approximate surface area is 163 Å². The third-order valence-electron chi connectivity index (χ3n) is 4.18. The van der Waals surface area contributed by atoms with E-state index in [1.54, 1.807) is 6.07 Å². The third kappa shape index (κ3) is 3.79. The van der Waals surface area contributed by atoms with Crippen molar-refractivity contribution >= 4 is 42.4 Å². The van der Waals surface area contributed by atoms with Crippen molar-refractivity contribution in [3.05, 3.63) is 70.7 Å². The normalized spacial score (nSPS) is 11.9. The fourth-order valence-electron chi connectivity index (χ4n) is 3.03. The van der Waals surface area contributed by atoms with E-state index in [-0.39, 0.29) is 5.92 Å². The van der Waals surface area contributed by atoms with Gasteiger partial charge < -0.3 is 0 Å². The lowest BCUT2D eigenvalue weighted by Gasteiger charge is -2.27. The molecule has 0 saturated carbocycles. The Bertz CT molecular complexity index is 1030. The van der Waals surface area contributed by atoms with Crippen LogP contribution in [0.15, 0.2) is 70.0 Å². The van der Waals surface area contributed by atoms with E-state index < -0.39 is 10.0 Å². The van der Waals surface area contributed by atoms with Gasteiger partial charge in [-0.1, -0.05) is 60.1 Å². The van der Waals surface area contributed by atoms with Crippen molar-refractivity contribution < 1.29 is 8.42 Å². The molecule has 0 amide bonds. The van der Waals surface area contributed by atoms with E-state index in [0.717, 1.165) is 20.8 Å². The number of rotatable bonds is 5. The van der Waals surface area contributed by atoms with Crippen molar-refractivity contribution in [1.29, 1.82) is 0 Å². The summed E-state index contributed by atoms with van der Waals surface area (Å²) in [6.07, 6.45) is 0. The maximum atomic E-state index is 13.6. The maximum Gasteiger partial charge on any atom is 0.264 e. The highest BCUT2D eigenvalue weighted by Crippen LogP contribution is 2.31. The molecule has 0 spiro atoms. The number of anilines is 1. The number of hydrogen-bond donors (Lipinski definition) is 0. The largest absolute Gasteiger partial charge is 0.266 e. The maximum absolute atomic E-state index is 13.6. The number of sulfonamides is 1. The van der Waals surface area contributed by atoms with Gasteiger partial charge in [0.15, 0.2) is 0 Å². The van der Waals surface area contributed by atoms with Crippen molar-refractivity contribution in [2.75, 3.05) is 10.8 Å². The summed E-state index contributed by atoms with van der Waals surface area (Å²) in [6.45, 7) is 6.40. The number of nitrogens with zero attached hydrogens (tertiary/aromatic N) is 1. The smallest absolute Gasteiger partial charge is 0.264 e. The molecule has 0 N–H and O–H groups in total. The molecule has 0 atom stereocenters. The van der Waals surface area contributed by atoms with Crippen LogP contribution in [0.1, 0.15) is 19.4 Å². The summed E-state index contributed by atoms with van der Waals surface area (Å²) in [4.78, 5) is 0.358. The van der Waals surface area contributed by atoms with Crippen LogP contribution in [-0.2, 0) is 10.0 Å². The number of benzene rings is 3. The Morgan fingerprint density at radius 3 is 2.31 bits per heavy atom. The molecule has 0 aliphatic heterocycles. The molecule has 3 rings (SSSR count). The monoisotopic (exact) mass is 431 g/mol. The van der Waals surface area contributed by atoms with Gasteiger partial charge in [0.2, 0.25) is 0 Å². The average Bonchev–Trinajstić information content (AvgIpc) is 2.59. The van der Waals surface area contributed by atoms with Crippen LogP contribution in [0.4, 0.5) is 5.69 Å². The summed E-state index contributed by atoms with van der Waals surface area (Å²) >= 11 is 3.41. The SMILES string of the molecule is Cc1cc(S(=O)(=O)N(CC(C)C)c2ccc(Br)cc2)c2ccccc2c1. The lowest BCUT2D eigenvalue weighted by molar-refractivity contribution is 0.578. The molecule has 0 bridgehead atoms. The average molecular weight is 432 g/mol. The topological polar surface area (TPSA) is 37.4 Å². The molecule has 136 valence electrons. The molecule has 0 aromatic heterocycles. The molecule has 26 heavy (non-hydrogen) atoms. The van der Waals surface area contributed by atoms with Crippen LogP contribution in [-0.4, -0.2) is 15.0 Å². The molecule has 0 saturated heterocycles. The number of aryl methyl sites for hydroxylation is 1. The second-order valence-corrected chi connectivity index (χ2v) is 9.64. The Kier molecular flexibility index (Phi) is 5.39. The van der Waals surface area contributed by atoms with Crippen molar-refractivity contribution in [1.82, 2.24) is 0 Å². The number of halogens is 1. The lowest BCUT2D eigenvalue weighted by Crippen LogP contribution is -2.34. The Balaban J connectivity index is 2.22. The predicted molar refractivity (Wildman–Crippen MR) is 112 cm³/mol. The fraction of sp³-hybridized carbons (Fsp3) is 0.238. The standard InChI is InChI=1S/C21H22BrNO2S/c1-15(2)14-23(19-10-8-18(22)9-11-19)26(24,25)21-13-16(3)12-17-6-4-5-7-20(17)21/h4-13,15H,14H2,1-3H3. The quantitative estimate of drug-likeness (QED) is 0.514. The molecule has 0 aliphatic rings. The van der Waals surface area contributed by atoms with E-state index in [4.69, 9.17) is 0 Å². The van der Waals surface area contributed by atoms with Crippen LogP contribution in [0.5, 0.6) is 0 Å². The van der Waals surface area contributed by atoms with E-state index in [9.17, 15) is 8.42 Å². The van der Waals surface area contributed by atoms with Gasteiger partial charge in [0.05, 0.1) is 10.6 Å². The van der Waals surface area contributed by atoms with E-state index in [2.05, 4.69) is 15.9 Å². The first-order valence-electron chi connectivity index (χ1n) is 8.57. The first-order chi connectivity index (χ1) is 12.3. The Morgan fingerprint density at radius 1 is 1.00 bits per heavy atom. The molecule has 5 heteroatoms. The fourth-order valence-corrected chi connectivity index (χ4v) is 5.23. The highest BCUT2D eigenvalue weighted by molar-refractivity contribution is 9.10. The molecule has 0 fully saturated rings. The van der Waals surface area contributed by atoms with Crippen LogP contribution < -0.4 is 4.31 Å². The van der Waals surface area contributed by atoms with Gasteiger partial charge in [-0.15, -0.1) is 0 Å². The van der Waals surface area contributed by atoms with Gasteiger partial charge in [0, 0.05) is 16.4 Å². The Morgan fingerprint density at radius 2 is 1.65 bits per heavy atom. The zero-order valence-electron chi connectivity index (χ0n) is 15.1. The minimum Gasteiger partial charge on any atom is -0.266 e. The molecule has 0 aliphatic carbocycles. The van der Waals surface area contributed by atoms with Gasteiger partial charge in [-0.2, -0.15) is 0 Å². The van der Waals surface area contributed by atoms with Gasteiger partial charge in [-0.25, -0.2) is 8.42 Å². The highest BCUT2D eigenvalue weighted by atomic mass is 79.9. The summed E-state index contributed by atoms with van der Waals surface area (Å²) in [5.41, 5.74) is 1.61. The molecule has 0 radical (unpaired) electrons. The van der Waals surface area contributed by atoms with Gasteiger partial charge in [0.25, 0.3) is 10.0 Å². The first kappa shape index (κ1) is 18.9. The molecule has 3 aromatic rings. The summed E-state index contributed by atoms with van der Waals surface area (Å²) < 4.78 is 29.7. The summed E-state index contributed by atoms with van der Waals surface area (Å²) in [7, 11) is -3.69. The molecule has 3 nitrogen and oxygen atoms in total. The van der Waals surface area contributed by atoms with Gasteiger partial charge in [-0.05, 0) is 54.1 Å². The second-order valence-electron chi connectivity index (χ2n) is 6.89.